The number of nitrogens with one attached hydrogen (secondary N) is 1. The molecule has 0 radical (unpaired) electrons. The average Bonchev–Trinajstić information content (AvgIpc) is 2.43. The monoisotopic (exact) mass is 310 g/mol. The molecule has 104 valence electrons. The van der Waals surface area contributed by atoms with Gasteiger partial charge in [0.2, 0.25) is 0 Å². The first kappa shape index (κ1) is 14.6. The number of methoxy groups -OCH3 is 1. The van der Waals surface area contributed by atoms with E-state index in [1.54, 1.807) is 18.2 Å². The van der Waals surface area contributed by atoms with Gasteiger partial charge in [-0.05, 0) is 24.6 Å². The van der Waals surface area contributed by atoms with Crippen LogP contribution in [0.2, 0.25) is 10.0 Å². The number of halogens is 2. The highest BCUT2D eigenvalue weighted by Crippen LogP contribution is 2.31. The fraction of sp³-hybridized carbons (Fsp3) is 0.143. The number of hydrogen-bond donors (Lipinski definition) is 1. The summed E-state index contributed by atoms with van der Waals surface area (Å²) in [6, 6.07) is 4.95. The smallest absolute Gasteiger partial charge is 0.257 e. The number of ether oxygens (including phenoxy) is 1. The molecule has 0 fully saturated rings. The predicted octanol–water partition coefficient (Wildman–Crippen LogP) is 3.96. The van der Waals surface area contributed by atoms with Gasteiger partial charge in [-0.3, -0.25) is 9.78 Å². The fourth-order valence-corrected chi connectivity index (χ4v) is 2.04. The molecule has 1 aromatic heterocycles. The number of carbonyl (C=O) groups excluding carboxylic acids is 1. The molecule has 4 nitrogen and oxygen atoms in total. The van der Waals surface area contributed by atoms with Gasteiger partial charge in [-0.2, -0.15) is 0 Å². The van der Waals surface area contributed by atoms with Crippen LogP contribution in [0.15, 0.2) is 30.6 Å². The van der Waals surface area contributed by atoms with Crippen LogP contribution in [-0.4, -0.2) is 18.0 Å². The summed E-state index contributed by atoms with van der Waals surface area (Å²) in [5.74, 6) is 0.150. The Hall–Kier alpha value is -1.78. The van der Waals surface area contributed by atoms with Crippen molar-refractivity contribution in [1.29, 1.82) is 0 Å². The van der Waals surface area contributed by atoms with Gasteiger partial charge in [0, 0.05) is 23.5 Å². The first-order chi connectivity index (χ1) is 9.52. The molecule has 0 saturated carbocycles. The highest BCUT2D eigenvalue weighted by atomic mass is 35.5. The van der Waals surface area contributed by atoms with Crippen LogP contribution in [0.3, 0.4) is 0 Å². The van der Waals surface area contributed by atoms with Gasteiger partial charge in [-0.25, -0.2) is 0 Å². The number of anilines is 1. The van der Waals surface area contributed by atoms with Crippen molar-refractivity contribution in [3.05, 3.63) is 51.8 Å². The van der Waals surface area contributed by atoms with Gasteiger partial charge in [0.15, 0.2) is 0 Å². The Balaban J connectivity index is 2.33. The van der Waals surface area contributed by atoms with Crippen LogP contribution in [0.4, 0.5) is 5.69 Å². The van der Waals surface area contributed by atoms with Crippen molar-refractivity contribution in [2.24, 2.45) is 0 Å². The van der Waals surface area contributed by atoms with Gasteiger partial charge in [-0.15, -0.1) is 0 Å². The lowest BCUT2D eigenvalue weighted by molar-refractivity contribution is 0.102. The summed E-state index contributed by atoms with van der Waals surface area (Å²) in [5, 5.41) is 3.61. The van der Waals surface area contributed by atoms with E-state index in [9.17, 15) is 4.79 Å². The maximum absolute atomic E-state index is 12.2. The van der Waals surface area contributed by atoms with Crippen molar-refractivity contribution in [3.8, 4) is 5.75 Å². The second-order valence-corrected chi connectivity index (χ2v) is 4.93. The van der Waals surface area contributed by atoms with Gasteiger partial charge < -0.3 is 10.1 Å². The lowest BCUT2D eigenvalue weighted by Gasteiger charge is -2.12. The summed E-state index contributed by atoms with van der Waals surface area (Å²) in [7, 11) is 1.51. The number of aryl methyl sites for hydroxylation is 1. The highest BCUT2D eigenvalue weighted by Gasteiger charge is 2.14. The maximum Gasteiger partial charge on any atom is 0.257 e. The van der Waals surface area contributed by atoms with E-state index in [1.807, 2.05) is 6.92 Å². The number of nitrogens with zero attached hydrogens (tertiary/aromatic N) is 1. The number of aromatic nitrogens is 1. The van der Waals surface area contributed by atoms with Crippen LogP contribution in [-0.2, 0) is 0 Å². The van der Waals surface area contributed by atoms with E-state index in [2.05, 4.69) is 10.3 Å². The number of amides is 1. The summed E-state index contributed by atoms with van der Waals surface area (Å²) < 4.78 is 5.20. The quantitative estimate of drug-likeness (QED) is 0.933. The molecule has 1 aromatic carbocycles. The van der Waals surface area contributed by atoms with Gasteiger partial charge in [-0.1, -0.05) is 23.2 Å². The maximum atomic E-state index is 12.2. The van der Waals surface area contributed by atoms with Gasteiger partial charge in [0.25, 0.3) is 5.91 Å². The summed E-state index contributed by atoms with van der Waals surface area (Å²) >= 11 is 12.0. The van der Waals surface area contributed by atoms with E-state index in [1.165, 1.54) is 19.5 Å². The second-order valence-electron chi connectivity index (χ2n) is 4.11. The Morgan fingerprint density at radius 3 is 2.70 bits per heavy atom. The van der Waals surface area contributed by atoms with Crippen LogP contribution in [0.1, 0.15) is 15.9 Å². The first-order valence-corrected chi connectivity index (χ1v) is 6.53. The Morgan fingerprint density at radius 2 is 2.05 bits per heavy atom. The molecule has 1 amide bonds. The minimum atomic E-state index is -0.336. The lowest BCUT2D eigenvalue weighted by Crippen LogP contribution is -2.13. The Morgan fingerprint density at radius 1 is 1.30 bits per heavy atom. The number of carbonyl (C=O) groups is 1. The van der Waals surface area contributed by atoms with E-state index in [4.69, 9.17) is 27.9 Å². The zero-order valence-electron chi connectivity index (χ0n) is 10.9. The standard InChI is InChI=1S/C14H12Cl2N2O2/c1-8-5-12(13(20-2)6-10(8)15)18-14(19)9-3-4-17-7-11(9)16/h3-7H,1-2H3,(H,18,19). The normalized spacial score (nSPS) is 10.2. The van der Waals surface area contributed by atoms with Gasteiger partial charge >= 0.3 is 0 Å². The molecule has 0 aliphatic rings. The minimum absolute atomic E-state index is 0.287. The van der Waals surface area contributed by atoms with Crippen LogP contribution in [0.5, 0.6) is 5.75 Å². The molecule has 6 heteroatoms. The largest absolute Gasteiger partial charge is 0.495 e. The molecular weight excluding hydrogens is 299 g/mol. The molecule has 2 rings (SSSR count). The SMILES string of the molecule is COc1cc(Cl)c(C)cc1NC(=O)c1ccncc1Cl. The van der Waals surface area contributed by atoms with Crippen LogP contribution in [0, 0.1) is 6.92 Å². The van der Waals surface area contributed by atoms with Crippen molar-refractivity contribution in [1.82, 2.24) is 4.98 Å². The molecule has 0 unspecified atom stereocenters. The first-order valence-electron chi connectivity index (χ1n) is 5.78. The molecule has 0 aliphatic heterocycles. The molecule has 0 spiro atoms. The molecule has 0 saturated heterocycles. The zero-order valence-corrected chi connectivity index (χ0v) is 12.4. The third-order valence-electron chi connectivity index (χ3n) is 2.75. The van der Waals surface area contributed by atoms with Gasteiger partial charge in [0.05, 0.1) is 23.4 Å². The zero-order chi connectivity index (χ0) is 14.7. The molecule has 1 heterocycles. The van der Waals surface area contributed by atoms with Crippen molar-refractivity contribution < 1.29 is 9.53 Å². The van der Waals surface area contributed by atoms with Crippen LogP contribution in [0.25, 0.3) is 0 Å². The molecule has 1 N–H and O–H groups in total. The number of hydrogen-bond acceptors (Lipinski definition) is 3. The summed E-state index contributed by atoms with van der Waals surface area (Å²) in [6.07, 6.45) is 2.92. The summed E-state index contributed by atoms with van der Waals surface area (Å²) in [5.41, 5.74) is 1.71. The molecule has 20 heavy (non-hydrogen) atoms. The Bertz CT molecular complexity index is 660. The second kappa shape index (κ2) is 6.11. The molecule has 0 atom stereocenters. The average molecular weight is 311 g/mol. The number of pyridine rings is 1. The van der Waals surface area contributed by atoms with Crippen molar-refractivity contribution in [2.45, 2.75) is 6.92 Å². The summed E-state index contributed by atoms with van der Waals surface area (Å²) in [4.78, 5) is 16.0. The molecule has 2 aromatic rings. The Labute approximate surface area is 126 Å². The third-order valence-corrected chi connectivity index (χ3v) is 3.45. The van der Waals surface area contributed by atoms with E-state index in [-0.39, 0.29) is 10.9 Å². The minimum Gasteiger partial charge on any atom is -0.495 e. The Kier molecular flexibility index (Phi) is 4.47. The molecule has 0 bridgehead atoms. The van der Waals surface area contributed by atoms with Crippen molar-refractivity contribution >= 4 is 34.8 Å². The van der Waals surface area contributed by atoms with E-state index in [0.717, 1.165) is 5.56 Å². The van der Waals surface area contributed by atoms with E-state index >= 15 is 0 Å². The van der Waals surface area contributed by atoms with Crippen molar-refractivity contribution in [2.75, 3.05) is 12.4 Å². The van der Waals surface area contributed by atoms with E-state index < -0.39 is 0 Å². The lowest BCUT2D eigenvalue weighted by atomic mass is 10.2. The topological polar surface area (TPSA) is 51.2 Å². The van der Waals surface area contributed by atoms with Gasteiger partial charge in [0.1, 0.15) is 5.75 Å². The predicted molar refractivity (Wildman–Crippen MR) is 79.9 cm³/mol. The van der Waals surface area contributed by atoms with Crippen LogP contribution >= 0.6 is 23.2 Å². The number of rotatable bonds is 3. The fourth-order valence-electron chi connectivity index (χ4n) is 1.68. The van der Waals surface area contributed by atoms with Crippen molar-refractivity contribution in [3.63, 3.8) is 0 Å². The third kappa shape index (κ3) is 3.03. The van der Waals surface area contributed by atoms with E-state index in [0.29, 0.717) is 22.0 Å². The highest BCUT2D eigenvalue weighted by molar-refractivity contribution is 6.34. The number of benzene rings is 1. The molecule has 0 aliphatic carbocycles. The summed E-state index contributed by atoms with van der Waals surface area (Å²) in [6.45, 7) is 1.84. The molecular formula is C14H12Cl2N2O2. The van der Waals surface area contributed by atoms with Crippen LogP contribution < -0.4 is 10.1 Å².